The van der Waals surface area contributed by atoms with Crippen molar-refractivity contribution < 1.29 is 9.53 Å². The lowest BCUT2D eigenvalue weighted by atomic mass is 9.84. The molecule has 0 spiro atoms. The first-order valence-corrected chi connectivity index (χ1v) is 7.64. The van der Waals surface area contributed by atoms with Crippen LogP contribution in [0.25, 0.3) is 0 Å². The number of hydrogen-bond acceptors (Lipinski definition) is 3. The maximum atomic E-state index is 11.7. The van der Waals surface area contributed by atoms with Gasteiger partial charge in [-0.25, -0.2) is 4.79 Å². The average molecular weight is 275 g/mol. The van der Waals surface area contributed by atoms with Gasteiger partial charge in [0.15, 0.2) is 0 Å². The first-order chi connectivity index (χ1) is 9.74. The maximum Gasteiger partial charge on any atom is 0.338 e. The quantitative estimate of drug-likeness (QED) is 0.835. The molecule has 20 heavy (non-hydrogen) atoms. The summed E-state index contributed by atoms with van der Waals surface area (Å²) in [6.07, 6.45) is 6.47. The van der Waals surface area contributed by atoms with Crippen LogP contribution in [0, 0.1) is 5.92 Å². The van der Waals surface area contributed by atoms with Crippen LogP contribution in [-0.4, -0.2) is 19.1 Å². The van der Waals surface area contributed by atoms with Gasteiger partial charge in [-0.1, -0.05) is 44.4 Å². The SMILES string of the molecule is CCC1CCCC(NCc2ccccc2C(=O)OC)C1. The van der Waals surface area contributed by atoms with E-state index in [4.69, 9.17) is 4.74 Å². The van der Waals surface area contributed by atoms with Crippen molar-refractivity contribution in [1.29, 1.82) is 0 Å². The molecule has 1 saturated carbocycles. The van der Waals surface area contributed by atoms with Crippen molar-refractivity contribution in [2.24, 2.45) is 5.92 Å². The minimum absolute atomic E-state index is 0.252. The summed E-state index contributed by atoms with van der Waals surface area (Å²) in [5.74, 6) is 0.606. The van der Waals surface area contributed by atoms with Crippen LogP contribution in [0.1, 0.15) is 54.9 Å². The standard InChI is InChI=1S/C17H25NO2/c1-3-13-7-6-9-15(11-13)18-12-14-8-4-5-10-16(14)17(19)20-2/h4-5,8,10,13,15,18H,3,6-7,9,11-12H2,1-2H3. The van der Waals surface area contributed by atoms with Crippen molar-refractivity contribution in [2.75, 3.05) is 7.11 Å². The Morgan fingerprint density at radius 3 is 2.90 bits per heavy atom. The Kier molecular flexibility index (Phi) is 5.60. The normalized spacial score (nSPS) is 22.5. The molecule has 1 aromatic rings. The van der Waals surface area contributed by atoms with Gasteiger partial charge in [0, 0.05) is 12.6 Å². The van der Waals surface area contributed by atoms with Crippen molar-refractivity contribution in [1.82, 2.24) is 5.32 Å². The van der Waals surface area contributed by atoms with E-state index in [0.717, 1.165) is 18.0 Å². The Hall–Kier alpha value is -1.35. The third kappa shape index (κ3) is 3.83. The summed E-state index contributed by atoms with van der Waals surface area (Å²) in [5.41, 5.74) is 1.70. The lowest BCUT2D eigenvalue weighted by molar-refractivity contribution is 0.0599. The van der Waals surface area contributed by atoms with E-state index in [1.54, 1.807) is 0 Å². The highest BCUT2D eigenvalue weighted by Crippen LogP contribution is 2.26. The minimum atomic E-state index is -0.252. The second-order valence-electron chi connectivity index (χ2n) is 5.67. The zero-order valence-electron chi connectivity index (χ0n) is 12.5. The molecule has 0 amide bonds. The molecular weight excluding hydrogens is 250 g/mol. The number of hydrogen-bond donors (Lipinski definition) is 1. The second-order valence-corrected chi connectivity index (χ2v) is 5.67. The number of carbonyl (C=O) groups excluding carboxylic acids is 1. The largest absolute Gasteiger partial charge is 0.465 e. The van der Waals surface area contributed by atoms with Gasteiger partial charge >= 0.3 is 5.97 Å². The first kappa shape index (κ1) is 15.0. The van der Waals surface area contributed by atoms with E-state index in [2.05, 4.69) is 12.2 Å². The molecule has 0 radical (unpaired) electrons. The second kappa shape index (κ2) is 7.44. The minimum Gasteiger partial charge on any atom is -0.465 e. The summed E-state index contributed by atoms with van der Waals surface area (Å²) >= 11 is 0. The van der Waals surface area contributed by atoms with E-state index >= 15 is 0 Å². The molecule has 0 aliphatic heterocycles. The molecule has 3 heteroatoms. The Balaban J connectivity index is 1.95. The highest BCUT2D eigenvalue weighted by atomic mass is 16.5. The zero-order chi connectivity index (χ0) is 14.4. The summed E-state index contributed by atoms with van der Waals surface area (Å²) < 4.78 is 4.84. The smallest absolute Gasteiger partial charge is 0.338 e. The van der Waals surface area contributed by atoms with E-state index in [1.807, 2.05) is 24.3 Å². The maximum absolute atomic E-state index is 11.7. The fraction of sp³-hybridized carbons (Fsp3) is 0.588. The van der Waals surface area contributed by atoms with Crippen molar-refractivity contribution in [3.05, 3.63) is 35.4 Å². The summed E-state index contributed by atoms with van der Waals surface area (Å²) in [5, 5.41) is 3.61. The van der Waals surface area contributed by atoms with Gasteiger partial charge in [-0.2, -0.15) is 0 Å². The summed E-state index contributed by atoms with van der Waals surface area (Å²) in [6.45, 7) is 3.02. The van der Waals surface area contributed by atoms with Gasteiger partial charge < -0.3 is 10.1 Å². The lowest BCUT2D eigenvalue weighted by Crippen LogP contribution is -2.34. The van der Waals surface area contributed by atoms with Gasteiger partial charge in [-0.3, -0.25) is 0 Å². The third-order valence-corrected chi connectivity index (χ3v) is 4.36. The predicted octanol–water partition coefficient (Wildman–Crippen LogP) is 3.53. The van der Waals surface area contributed by atoms with E-state index < -0.39 is 0 Å². The average Bonchev–Trinajstić information content (AvgIpc) is 2.52. The topological polar surface area (TPSA) is 38.3 Å². The Labute approximate surface area is 121 Å². The highest BCUT2D eigenvalue weighted by molar-refractivity contribution is 5.90. The van der Waals surface area contributed by atoms with Gasteiger partial charge in [0.05, 0.1) is 12.7 Å². The van der Waals surface area contributed by atoms with Gasteiger partial charge in [0.1, 0.15) is 0 Å². The van der Waals surface area contributed by atoms with Gasteiger partial charge in [-0.15, -0.1) is 0 Å². The number of carbonyl (C=O) groups is 1. The van der Waals surface area contributed by atoms with Crippen LogP contribution in [0.15, 0.2) is 24.3 Å². The Morgan fingerprint density at radius 2 is 2.15 bits per heavy atom. The van der Waals surface area contributed by atoms with Crippen LogP contribution in [0.3, 0.4) is 0 Å². The van der Waals surface area contributed by atoms with Crippen LogP contribution < -0.4 is 5.32 Å². The Morgan fingerprint density at radius 1 is 1.35 bits per heavy atom. The van der Waals surface area contributed by atoms with Gasteiger partial charge in [0.25, 0.3) is 0 Å². The fourth-order valence-corrected chi connectivity index (χ4v) is 3.09. The molecule has 1 aliphatic carbocycles. The lowest BCUT2D eigenvalue weighted by Gasteiger charge is -2.29. The number of ether oxygens (including phenoxy) is 1. The molecule has 0 saturated heterocycles. The number of esters is 1. The van der Waals surface area contributed by atoms with E-state index in [9.17, 15) is 4.79 Å². The molecule has 0 heterocycles. The van der Waals surface area contributed by atoms with Crippen LogP contribution in [0.5, 0.6) is 0 Å². The fourth-order valence-electron chi connectivity index (χ4n) is 3.09. The molecule has 110 valence electrons. The molecule has 2 unspecified atom stereocenters. The zero-order valence-corrected chi connectivity index (χ0v) is 12.5. The molecule has 2 atom stereocenters. The number of methoxy groups -OCH3 is 1. The monoisotopic (exact) mass is 275 g/mol. The molecule has 1 N–H and O–H groups in total. The highest BCUT2D eigenvalue weighted by Gasteiger charge is 2.20. The Bertz CT molecular complexity index is 444. The molecule has 1 aromatic carbocycles. The van der Waals surface area contributed by atoms with E-state index in [1.165, 1.54) is 39.2 Å². The van der Waals surface area contributed by atoms with Crippen LogP contribution in [0.4, 0.5) is 0 Å². The number of nitrogens with one attached hydrogen (secondary N) is 1. The van der Waals surface area contributed by atoms with Crippen molar-refractivity contribution in [2.45, 2.75) is 51.6 Å². The van der Waals surface area contributed by atoms with Crippen molar-refractivity contribution in [3.63, 3.8) is 0 Å². The molecule has 0 aromatic heterocycles. The third-order valence-electron chi connectivity index (χ3n) is 4.36. The van der Waals surface area contributed by atoms with E-state index in [0.29, 0.717) is 11.6 Å². The summed E-state index contributed by atoms with van der Waals surface area (Å²) in [7, 11) is 1.43. The molecule has 2 rings (SSSR count). The van der Waals surface area contributed by atoms with E-state index in [-0.39, 0.29) is 5.97 Å². The molecule has 0 bridgehead atoms. The number of rotatable bonds is 5. The molecule has 1 aliphatic rings. The summed E-state index contributed by atoms with van der Waals surface area (Å²) in [4.78, 5) is 11.7. The number of benzene rings is 1. The van der Waals surface area contributed by atoms with Gasteiger partial charge in [0.2, 0.25) is 0 Å². The van der Waals surface area contributed by atoms with Crippen molar-refractivity contribution >= 4 is 5.97 Å². The van der Waals surface area contributed by atoms with Crippen LogP contribution in [0.2, 0.25) is 0 Å². The molecule has 1 fully saturated rings. The van der Waals surface area contributed by atoms with Crippen molar-refractivity contribution in [3.8, 4) is 0 Å². The first-order valence-electron chi connectivity index (χ1n) is 7.64. The van der Waals surface area contributed by atoms with Gasteiger partial charge in [-0.05, 0) is 30.4 Å². The predicted molar refractivity (Wildman–Crippen MR) is 80.7 cm³/mol. The van der Waals surface area contributed by atoms with Crippen LogP contribution >= 0.6 is 0 Å². The molecule has 3 nitrogen and oxygen atoms in total. The summed E-state index contributed by atoms with van der Waals surface area (Å²) in [6, 6.07) is 8.26. The molecular formula is C17H25NO2. The van der Waals surface area contributed by atoms with Crippen LogP contribution in [-0.2, 0) is 11.3 Å².